The molecule has 0 saturated carbocycles. The molecule has 10 heteroatoms. The van der Waals surface area contributed by atoms with Crippen molar-refractivity contribution in [3.05, 3.63) is 62.9 Å². The molecule has 3 aliphatic carbocycles. The fourth-order valence-electron chi connectivity index (χ4n) is 6.00. The lowest BCUT2D eigenvalue weighted by Gasteiger charge is -2.42. The van der Waals surface area contributed by atoms with Crippen LogP contribution >= 0.6 is 15.9 Å². The first kappa shape index (κ1) is 24.3. The average molecular weight is 558 g/mol. The highest BCUT2D eigenvalue weighted by Crippen LogP contribution is 2.56. The van der Waals surface area contributed by atoms with Crippen LogP contribution in [0, 0.1) is 23.6 Å². The Labute approximate surface area is 213 Å². The Morgan fingerprint density at radius 1 is 1.14 bits per heavy atom. The summed E-state index contributed by atoms with van der Waals surface area (Å²) in [5.41, 5.74) is 1.02. The number of nitrogens with zero attached hydrogens (tertiary/aromatic N) is 1. The molecule has 1 aromatic rings. The normalized spacial score (nSPS) is 27.4. The van der Waals surface area contributed by atoms with Crippen molar-refractivity contribution in [3.8, 4) is 5.75 Å². The number of allylic oxidation sites excluding steroid dienone is 6. The number of aromatic hydroxyl groups is 1. The van der Waals surface area contributed by atoms with E-state index in [2.05, 4.69) is 15.9 Å². The van der Waals surface area contributed by atoms with E-state index in [4.69, 9.17) is 5.11 Å². The summed E-state index contributed by atoms with van der Waals surface area (Å²) >= 11 is 3.13. The van der Waals surface area contributed by atoms with Gasteiger partial charge in [0.15, 0.2) is 23.1 Å². The minimum absolute atomic E-state index is 0.0210. The molecule has 1 aromatic carbocycles. The first-order valence-electron chi connectivity index (χ1n) is 11.5. The van der Waals surface area contributed by atoms with Gasteiger partial charge >= 0.3 is 5.97 Å². The average Bonchev–Trinajstić information content (AvgIpc) is 3.08. The molecule has 0 spiro atoms. The second-order valence-corrected chi connectivity index (χ2v) is 10.3. The highest BCUT2D eigenvalue weighted by atomic mass is 79.9. The molecule has 1 aliphatic heterocycles. The Morgan fingerprint density at radius 2 is 1.89 bits per heavy atom. The lowest BCUT2D eigenvalue weighted by molar-refractivity contribution is -0.142. The molecule has 0 unspecified atom stereocenters. The number of phenols is 1. The lowest BCUT2D eigenvalue weighted by atomic mass is 9.59. The number of hydrogen-bond donors (Lipinski definition) is 2. The Bertz CT molecular complexity index is 1340. The number of phenolic OH excluding ortho intramolecular Hbond substituents is 1. The molecular weight excluding hydrogens is 537 g/mol. The molecular formula is C26H21BrFNO7. The summed E-state index contributed by atoms with van der Waals surface area (Å²) in [6.45, 7) is -0.0210. The minimum atomic E-state index is -1.03. The zero-order valence-electron chi connectivity index (χ0n) is 18.9. The maximum atomic E-state index is 14.4. The number of halogens is 2. The number of carboxylic acid groups (broad SMARTS) is 1. The largest absolute Gasteiger partial charge is 0.505 e. The van der Waals surface area contributed by atoms with Crippen LogP contribution in [0.4, 0.5) is 4.39 Å². The van der Waals surface area contributed by atoms with Gasteiger partial charge in [-0.25, -0.2) is 4.39 Å². The van der Waals surface area contributed by atoms with Crippen LogP contribution in [0.25, 0.3) is 0 Å². The Kier molecular flexibility index (Phi) is 6.02. The van der Waals surface area contributed by atoms with Crippen LogP contribution < -0.4 is 0 Å². The fourth-order valence-corrected chi connectivity index (χ4v) is 6.45. The summed E-state index contributed by atoms with van der Waals surface area (Å²) in [6.07, 6.45) is 3.11. The first-order chi connectivity index (χ1) is 17.1. The Hall–Kier alpha value is -3.40. The summed E-state index contributed by atoms with van der Waals surface area (Å²) in [6, 6.07) is 3.96. The second kappa shape index (κ2) is 8.92. The first-order valence-corrected chi connectivity index (χ1v) is 12.3. The highest BCUT2D eigenvalue weighted by molar-refractivity contribution is 9.12. The van der Waals surface area contributed by atoms with Crippen molar-refractivity contribution in [3.63, 3.8) is 0 Å². The van der Waals surface area contributed by atoms with E-state index in [-0.39, 0.29) is 59.3 Å². The smallest absolute Gasteiger partial charge is 0.303 e. The number of rotatable bonds is 5. The van der Waals surface area contributed by atoms with Crippen molar-refractivity contribution >= 4 is 45.3 Å². The lowest BCUT2D eigenvalue weighted by Crippen LogP contribution is -2.39. The summed E-state index contributed by atoms with van der Waals surface area (Å²) in [5.74, 6) is -7.31. The zero-order chi connectivity index (χ0) is 25.9. The number of carbonyl (C=O) groups is 5. The topological polar surface area (TPSA) is 129 Å². The number of fused-ring (bicyclic) bond motifs is 3. The number of aliphatic carboxylic acids is 1. The Balaban J connectivity index is 1.60. The van der Waals surface area contributed by atoms with E-state index < -0.39 is 58.7 Å². The molecule has 1 saturated heterocycles. The van der Waals surface area contributed by atoms with Gasteiger partial charge in [-0.3, -0.25) is 28.9 Å². The van der Waals surface area contributed by atoms with Gasteiger partial charge in [-0.1, -0.05) is 23.8 Å². The number of carbonyl (C=O) groups excluding carboxylic acids is 4. The van der Waals surface area contributed by atoms with E-state index in [1.54, 1.807) is 6.08 Å². The van der Waals surface area contributed by atoms with Gasteiger partial charge in [-0.05, 0) is 47.2 Å². The van der Waals surface area contributed by atoms with Crippen molar-refractivity contribution in [1.82, 2.24) is 4.90 Å². The number of amides is 2. The van der Waals surface area contributed by atoms with E-state index in [0.717, 1.165) is 17.0 Å². The summed E-state index contributed by atoms with van der Waals surface area (Å²) in [7, 11) is 0. The third-order valence-electron chi connectivity index (χ3n) is 7.52. The van der Waals surface area contributed by atoms with E-state index in [0.29, 0.717) is 5.57 Å². The quantitative estimate of drug-likeness (QED) is 0.323. The maximum absolute atomic E-state index is 14.4. The van der Waals surface area contributed by atoms with Crippen LogP contribution in [-0.2, 0) is 24.0 Å². The number of hydrogen-bond acceptors (Lipinski definition) is 6. The second-order valence-electron chi connectivity index (χ2n) is 9.40. The minimum Gasteiger partial charge on any atom is -0.505 e. The number of benzene rings is 1. The molecule has 5 rings (SSSR count). The predicted octanol–water partition coefficient (Wildman–Crippen LogP) is 3.16. The molecule has 2 amide bonds. The van der Waals surface area contributed by atoms with E-state index in [1.165, 1.54) is 12.1 Å². The summed E-state index contributed by atoms with van der Waals surface area (Å²) in [5, 5.41) is 19.5. The van der Waals surface area contributed by atoms with Crippen LogP contribution in [0.1, 0.15) is 37.2 Å². The fraction of sp³-hybridized carbons (Fsp3) is 0.346. The summed E-state index contributed by atoms with van der Waals surface area (Å²) in [4.78, 5) is 64.8. The number of carboxylic acids is 1. The van der Waals surface area contributed by atoms with Gasteiger partial charge in [0.2, 0.25) is 11.8 Å². The van der Waals surface area contributed by atoms with Crippen molar-refractivity contribution in [2.75, 3.05) is 6.54 Å². The van der Waals surface area contributed by atoms with Gasteiger partial charge in [-0.15, -0.1) is 0 Å². The summed E-state index contributed by atoms with van der Waals surface area (Å²) < 4.78 is 14.4. The SMILES string of the molecule is O=C(O)CCCN1C(=O)[C@H]2[C@H](CC=C3[C@H](c4cccc(F)c4O)C4=C(C[C@H]32)C(=O)C(Br)=CC4=O)C1=O. The van der Waals surface area contributed by atoms with Crippen molar-refractivity contribution in [2.45, 2.75) is 31.6 Å². The van der Waals surface area contributed by atoms with Crippen LogP contribution in [0.3, 0.4) is 0 Å². The molecule has 4 aliphatic rings. The third kappa shape index (κ3) is 3.66. The van der Waals surface area contributed by atoms with Crippen LogP contribution in [0.15, 0.2) is 51.6 Å². The molecule has 0 radical (unpaired) electrons. The molecule has 1 fully saturated rings. The van der Waals surface area contributed by atoms with E-state index in [9.17, 15) is 33.5 Å². The van der Waals surface area contributed by atoms with Crippen molar-refractivity contribution < 1.29 is 38.6 Å². The van der Waals surface area contributed by atoms with Gasteiger partial charge in [-0.2, -0.15) is 0 Å². The van der Waals surface area contributed by atoms with Gasteiger partial charge in [0.05, 0.1) is 16.3 Å². The number of imide groups is 1. The van der Waals surface area contributed by atoms with Crippen LogP contribution in [0.2, 0.25) is 0 Å². The monoisotopic (exact) mass is 557 g/mol. The van der Waals surface area contributed by atoms with Gasteiger partial charge < -0.3 is 10.2 Å². The predicted molar refractivity (Wildman–Crippen MR) is 126 cm³/mol. The van der Waals surface area contributed by atoms with Gasteiger partial charge in [0, 0.05) is 41.7 Å². The third-order valence-corrected chi connectivity index (χ3v) is 8.11. The molecule has 0 bridgehead atoms. The van der Waals surface area contributed by atoms with Crippen LogP contribution in [0.5, 0.6) is 5.75 Å². The zero-order valence-corrected chi connectivity index (χ0v) is 20.5. The standard InChI is InChI=1S/C26H21BrFNO7/c27-16-10-18(30)22-15(23(16)33)9-14-11(20(22)12-3-1-4-17(28)24(12)34)6-7-13-21(14)26(36)29(25(13)35)8-2-5-19(31)32/h1,3-4,6,10,13-14,20-21,34H,2,5,7-9H2,(H,31,32)/t13-,14+,20+,21-/m0/s1. The molecule has 186 valence electrons. The number of likely N-dealkylation sites (tertiary alicyclic amines) is 1. The number of Topliss-reactive ketones (excluding diaryl/α,β-unsaturated/α-hetero) is 1. The highest BCUT2D eigenvalue weighted by Gasteiger charge is 2.56. The molecule has 4 atom stereocenters. The molecule has 1 heterocycles. The van der Waals surface area contributed by atoms with E-state index >= 15 is 0 Å². The van der Waals surface area contributed by atoms with Gasteiger partial charge in [0.25, 0.3) is 0 Å². The van der Waals surface area contributed by atoms with Crippen molar-refractivity contribution in [1.29, 1.82) is 0 Å². The number of para-hydroxylation sites is 1. The van der Waals surface area contributed by atoms with Crippen LogP contribution in [-0.4, -0.2) is 51.0 Å². The van der Waals surface area contributed by atoms with Crippen molar-refractivity contribution in [2.24, 2.45) is 17.8 Å². The van der Waals surface area contributed by atoms with E-state index in [1.807, 2.05) is 0 Å². The molecule has 2 N–H and O–H groups in total. The molecule has 36 heavy (non-hydrogen) atoms. The number of ketones is 2. The van der Waals surface area contributed by atoms with Gasteiger partial charge in [0.1, 0.15) is 0 Å². The molecule has 8 nitrogen and oxygen atoms in total. The molecule has 0 aromatic heterocycles. The Morgan fingerprint density at radius 3 is 2.61 bits per heavy atom. The maximum Gasteiger partial charge on any atom is 0.303 e.